The highest BCUT2D eigenvalue weighted by Gasteiger charge is 2.50. The second kappa shape index (κ2) is 10.7. The van der Waals surface area contributed by atoms with Gasteiger partial charge < -0.3 is 23.8 Å². The topological polar surface area (TPSA) is 119 Å². The lowest BCUT2D eigenvalue weighted by Crippen LogP contribution is -2.60. The lowest BCUT2D eigenvalue weighted by atomic mass is 9.96. The van der Waals surface area contributed by atoms with Gasteiger partial charge >= 0.3 is 0 Å². The number of nitrogens with zero attached hydrogens (tertiary/aromatic N) is 5. The van der Waals surface area contributed by atoms with Crippen molar-refractivity contribution >= 4 is 29.3 Å². The normalized spacial score (nSPS) is 30.1. The lowest BCUT2D eigenvalue weighted by molar-refractivity contribution is -0.298. The number of benzene rings is 1. The van der Waals surface area contributed by atoms with Gasteiger partial charge in [0.1, 0.15) is 29.4 Å². The van der Waals surface area contributed by atoms with Gasteiger partial charge in [-0.05, 0) is 18.0 Å². The van der Waals surface area contributed by atoms with Crippen LogP contribution in [0.5, 0.6) is 0 Å². The number of likely N-dealkylation sites (tertiary alicyclic amines) is 1. The molecule has 0 saturated carbocycles. The number of fused-ring (bicyclic) bond motifs is 1. The minimum atomic E-state index is -0.682. The first kappa shape index (κ1) is 24.3. The summed E-state index contributed by atoms with van der Waals surface area (Å²) >= 11 is 7.49. The van der Waals surface area contributed by atoms with E-state index in [1.165, 1.54) is 25.1 Å². The molecule has 12 heteroatoms. The number of hydrogen-bond acceptors (Lipinski definition) is 8. The Labute approximate surface area is 211 Å². The van der Waals surface area contributed by atoms with Gasteiger partial charge in [0.25, 0.3) is 5.91 Å². The number of methoxy groups -OCH3 is 1. The monoisotopic (exact) mass is 517 g/mol. The fourth-order valence-electron chi connectivity index (χ4n) is 4.35. The fraction of sp³-hybridized carbons (Fsp3) is 0.478. The van der Waals surface area contributed by atoms with E-state index < -0.39 is 36.1 Å². The Morgan fingerprint density at radius 2 is 2.11 bits per heavy atom. The Hall–Kier alpha value is -2.37. The van der Waals surface area contributed by atoms with Gasteiger partial charge in [-0.25, -0.2) is 4.98 Å². The van der Waals surface area contributed by atoms with Gasteiger partial charge in [0, 0.05) is 41.8 Å². The zero-order valence-corrected chi connectivity index (χ0v) is 20.5. The van der Waals surface area contributed by atoms with Crippen LogP contribution in [0.3, 0.4) is 0 Å². The van der Waals surface area contributed by atoms with Gasteiger partial charge in [-0.2, -0.15) is 0 Å². The molecule has 3 fully saturated rings. The second-order valence-electron chi connectivity index (χ2n) is 8.38. The highest BCUT2D eigenvalue weighted by Crippen LogP contribution is 2.42. The molecular weight excluding hydrogens is 494 g/mol. The van der Waals surface area contributed by atoms with E-state index >= 15 is 0 Å². The van der Waals surface area contributed by atoms with Crippen molar-refractivity contribution in [2.45, 2.75) is 47.4 Å². The summed E-state index contributed by atoms with van der Waals surface area (Å²) in [7, 11) is 1.53. The van der Waals surface area contributed by atoms with Crippen LogP contribution >= 0.6 is 23.4 Å². The van der Waals surface area contributed by atoms with Crippen molar-refractivity contribution in [1.82, 2.24) is 9.88 Å². The zero-order valence-electron chi connectivity index (χ0n) is 18.9. The van der Waals surface area contributed by atoms with E-state index in [0.717, 1.165) is 12.0 Å². The number of carbonyl (C=O) groups excluding carboxylic acids is 1. The number of carbonyl (C=O) groups is 1. The third-order valence-electron chi connectivity index (χ3n) is 6.25. The van der Waals surface area contributed by atoms with E-state index in [9.17, 15) is 10.3 Å². The number of rotatable bonds is 6. The molecular formula is C23H24ClN5O5S. The van der Waals surface area contributed by atoms with Crippen LogP contribution in [0, 0.1) is 0 Å². The van der Waals surface area contributed by atoms with Crippen LogP contribution < -0.4 is 0 Å². The molecule has 6 atom stereocenters. The number of hydrogen-bond donors (Lipinski definition) is 0. The van der Waals surface area contributed by atoms with Crippen LogP contribution in [-0.2, 0) is 18.9 Å². The van der Waals surface area contributed by atoms with E-state index in [1.807, 2.05) is 30.3 Å². The first-order valence-corrected chi connectivity index (χ1v) is 12.5. The molecule has 0 N–H and O–H groups in total. The summed E-state index contributed by atoms with van der Waals surface area (Å²) in [4.78, 5) is 22.6. The van der Waals surface area contributed by atoms with Gasteiger partial charge in [0.15, 0.2) is 6.29 Å². The Kier molecular flexibility index (Phi) is 7.45. The molecule has 1 aromatic heterocycles. The van der Waals surface area contributed by atoms with Gasteiger partial charge in [-0.15, -0.1) is 0 Å². The van der Waals surface area contributed by atoms with Gasteiger partial charge in [0.2, 0.25) is 0 Å². The number of azide groups is 1. The molecule has 35 heavy (non-hydrogen) atoms. The maximum atomic E-state index is 12.9. The molecule has 4 heterocycles. The van der Waals surface area contributed by atoms with Gasteiger partial charge in [-0.3, -0.25) is 4.79 Å². The van der Waals surface area contributed by atoms with Crippen molar-refractivity contribution in [2.75, 3.05) is 26.8 Å². The molecule has 0 spiro atoms. The molecule has 0 radical (unpaired) electrons. The number of ether oxygens (including phenoxy) is 4. The number of aromatic nitrogens is 1. The van der Waals surface area contributed by atoms with Crippen LogP contribution in [0.4, 0.5) is 0 Å². The SMILES string of the molecule is COC1C(N=[N+]=[N-])[C@H]2OC(c3ccccc3)OCC2O[C@@H]1Sc1cc(Cl)cnc1C(=O)N1CCC1. The van der Waals surface area contributed by atoms with Crippen molar-refractivity contribution in [3.63, 3.8) is 0 Å². The molecule has 0 bridgehead atoms. The minimum absolute atomic E-state index is 0.153. The average molecular weight is 518 g/mol. The minimum Gasteiger partial charge on any atom is -0.377 e. The molecule has 3 saturated heterocycles. The van der Waals surface area contributed by atoms with E-state index in [-0.39, 0.29) is 12.5 Å². The Bertz CT molecular complexity index is 1120. The largest absolute Gasteiger partial charge is 0.377 e. The molecule has 10 nitrogen and oxygen atoms in total. The number of thioether (sulfide) groups is 1. The van der Waals surface area contributed by atoms with Gasteiger partial charge in [0.05, 0.1) is 17.7 Å². The van der Waals surface area contributed by atoms with Crippen LogP contribution in [0.15, 0.2) is 52.6 Å². The Balaban J connectivity index is 1.41. The van der Waals surface area contributed by atoms with E-state index in [0.29, 0.717) is 28.7 Å². The third kappa shape index (κ3) is 4.99. The first-order valence-electron chi connectivity index (χ1n) is 11.2. The van der Waals surface area contributed by atoms with Crippen molar-refractivity contribution in [3.8, 4) is 0 Å². The van der Waals surface area contributed by atoms with E-state index in [2.05, 4.69) is 15.0 Å². The molecule has 4 unspecified atom stereocenters. The molecule has 184 valence electrons. The summed E-state index contributed by atoms with van der Waals surface area (Å²) < 4.78 is 24.3. The zero-order chi connectivity index (χ0) is 24.4. The van der Waals surface area contributed by atoms with Crippen LogP contribution in [0.25, 0.3) is 10.4 Å². The number of pyridine rings is 1. The third-order valence-corrected chi connectivity index (χ3v) is 7.63. The molecule has 1 amide bonds. The summed E-state index contributed by atoms with van der Waals surface area (Å²) in [5, 5.41) is 4.43. The van der Waals surface area contributed by atoms with Crippen LogP contribution in [0.1, 0.15) is 28.8 Å². The van der Waals surface area contributed by atoms with Gasteiger partial charge in [-0.1, -0.05) is 58.8 Å². The number of amides is 1. The highest BCUT2D eigenvalue weighted by atomic mass is 35.5. The Morgan fingerprint density at radius 1 is 1.31 bits per heavy atom. The summed E-state index contributed by atoms with van der Waals surface area (Å²) in [6, 6.07) is 10.5. The highest BCUT2D eigenvalue weighted by molar-refractivity contribution is 8.00. The first-order chi connectivity index (χ1) is 17.1. The van der Waals surface area contributed by atoms with Crippen LogP contribution in [-0.4, -0.2) is 72.4 Å². The molecule has 1 aromatic carbocycles. The van der Waals surface area contributed by atoms with Crippen molar-refractivity contribution in [2.24, 2.45) is 5.11 Å². The smallest absolute Gasteiger partial charge is 0.273 e. The summed E-state index contributed by atoms with van der Waals surface area (Å²) in [6.07, 6.45) is 0.0803. The molecule has 3 aliphatic heterocycles. The molecule has 5 rings (SSSR count). The van der Waals surface area contributed by atoms with Crippen LogP contribution in [0.2, 0.25) is 5.02 Å². The summed E-state index contributed by atoms with van der Waals surface area (Å²) in [5.74, 6) is -0.153. The quantitative estimate of drug-likeness (QED) is 0.320. The summed E-state index contributed by atoms with van der Waals surface area (Å²) in [6.45, 7) is 1.64. The Morgan fingerprint density at radius 3 is 2.80 bits per heavy atom. The second-order valence-corrected chi connectivity index (χ2v) is 9.96. The predicted octanol–water partition coefficient (Wildman–Crippen LogP) is 4.21. The summed E-state index contributed by atoms with van der Waals surface area (Å²) in [5.41, 5.74) is 9.86. The predicted molar refractivity (Wildman–Crippen MR) is 128 cm³/mol. The average Bonchev–Trinajstić information content (AvgIpc) is 2.83. The van der Waals surface area contributed by atoms with Crippen molar-refractivity contribution in [1.29, 1.82) is 0 Å². The maximum Gasteiger partial charge on any atom is 0.273 e. The number of halogens is 1. The standard InChI is InChI=1S/C23H24ClN5O5S/c1-31-20-18(27-28-25)19-15(12-32-22(34-19)13-6-3-2-4-7-13)33-23(20)35-16-10-14(24)11-26-17(16)21(30)29-8-5-9-29/h2-4,6-7,10-11,15,18-20,22-23H,5,8-9,12H2,1H3/t15?,18?,19-,20?,22?,23+/m0/s1. The molecule has 0 aliphatic carbocycles. The van der Waals surface area contributed by atoms with Crippen molar-refractivity contribution in [3.05, 3.63) is 69.3 Å². The molecule has 2 aromatic rings. The maximum absolute atomic E-state index is 12.9. The molecule has 3 aliphatic rings. The van der Waals surface area contributed by atoms with Crippen molar-refractivity contribution < 1.29 is 23.7 Å². The fourth-order valence-corrected chi connectivity index (χ4v) is 5.87. The van der Waals surface area contributed by atoms with E-state index in [1.54, 1.807) is 11.0 Å². The van der Waals surface area contributed by atoms with E-state index in [4.69, 9.17) is 30.5 Å². The lowest BCUT2D eigenvalue weighted by Gasteiger charge is -2.47.